The molecule has 0 aliphatic carbocycles. The second kappa shape index (κ2) is 9.88. The monoisotopic (exact) mass is 437 g/mol. The molecule has 31 heavy (non-hydrogen) atoms. The Bertz CT molecular complexity index is 994. The smallest absolute Gasteiger partial charge is 0.317 e. The molecular weight excluding hydrogens is 410 g/mol. The van der Waals surface area contributed by atoms with E-state index in [0.717, 1.165) is 29.9 Å². The SMILES string of the molecule is CN(Cc1ccc(N2CCCCC2)cc1)C(=O)NCc1cnn(-c2ccc(Cl)cc2)c1. The molecule has 0 atom stereocenters. The topological polar surface area (TPSA) is 53.4 Å². The van der Waals surface area contributed by atoms with E-state index < -0.39 is 0 Å². The Morgan fingerprint density at radius 3 is 2.39 bits per heavy atom. The first-order valence-corrected chi connectivity index (χ1v) is 11.1. The average molecular weight is 438 g/mol. The van der Waals surface area contributed by atoms with Crippen LogP contribution >= 0.6 is 11.6 Å². The van der Waals surface area contributed by atoms with Crippen LogP contribution in [-0.4, -0.2) is 40.8 Å². The molecule has 0 spiro atoms. The molecule has 1 fully saturated rings. The molecule has 0 bridgehead atoms. The number of carbonyl (C=O) groups is 1. The van der Waals surface area contributed by atoms with Crippen LogP contribution in [0.4, 0.5) is 10.5 Å². The summed E-state index contributed by atoms with van der Waals surface area (Å²) in [7, 11) is 1.81. The molecule has 7 heteroatoms. The third-order valence-electron chi connectivity index (χ3n) is 5.59. The highest BCUT2D eigenvalue weighted by Crippen LogP contribution is 2.20. The summed E-state index contributed by atoms with van der Waals surface area (Å²) >= 11 is 5.94. The van der Waals surface area contributed by atoms with E-state index in [-0.39, 0.29) is 6.03 Å². The zero-order valence-corrected chi connectivity index (χ0v) is 18.6. The minimum absolute atomic E-state index is 0.112. The van der Waals surface area contributed by atoms with Crippen molar-refractivity contribution in [2.24, 2.45) is 0 Å². The fraction of sp³-hybridized carbons (Fsp3) is 0.333. The highest BCUT2D eigenvalue weighted by molar-refractivity contribution is 6.30. The Kier molecular flexibility index (Phi) is 6.77. The highest BCUT2D eigenvalue weighted by Gasteiger charge is 2.12. The lowest BCUT2D eigenvalue weighted by Crippen LogP contribution is -2.36. The van der Waals surface area contributed by atoms with Crippen molar-refractivity contribution < 1.29 is 4.79 Å². The summed E-state index contributed by atoms with van der Waals surface area (Å²) in [6.07, 6.45) is 7.53. The van der Waals surface area contributed by atoms with Crippen LogP contribution in [0.15, 0.2) is 60.9 Å². The van der Waals surface area contributed by atoms with Gasteiger partial charge in [-0.15, -0.1) is 0 Å². The Morgan fingerprint density at radius 1 is 1.00 bits per heavy atom. The van der Waals surface area contributed by atoms with Gasteiger partial charge in [0.2, 0.25) is 0 Å². The molecule has 1 aliphatic heterocycles. The number of amides is 2. The number of hydrogen-bond acceptors (Lipinski definition) is 3. The standard InChI is InChI=1S/C24H28ClN5O/c1-28(17-19-5-9-22(10-6-19)29-13-3-2-4-14-29)24(31)26-15-20-16-27-30(18-20)23-11-7-21(25)8-12-23/h5-12,16,18H,2-4,13-15,17H2,1H3,(H,26,31). The van der Waals surface area contributed by atoms with Gasteiger partial charge in [-0.25, -0.2) is 9.48 Å². The van der Waals surface area contributed by atoms with Gasteiger partial charge < -0.3 is 15.1 Å². The molecule has 2 amide bonds. The van der Waals surface area contributed by atoms with E-state index in [1.165, 1.54) is 24.9 Å². The number of benzene rings is 2. The molecule has 1 N–H and O–H groups in total. The van der Waals surface area contributed by atoms with Gasteiger partial charge in [0, 0.05) is 55.7 Å². The minimum atomic E-state index is -0.112. The number of nitrogens with one attached hydrogen (secondary N) is 1. The Balaban J connectivity index is 1.27. The van der Waals surface area contributed by atoms with E-state index in [9.17, 15) is 4.79 Å². The van der Waals surface area contributed by atoms with Crippen LogP contribution in [0, 0.1) is 0 Å². The lowest BCUT2D eigenvalue weighted by atomic mass is 10.1. The Hall–Kier alpha value is -2.99. The van der Waals surface area contributed by atoms with Crippen molar-refractivity contribution in [3.8, 4) is 5.69 Å². The zero-order chi connectivity index (χ0) is 21.6. The van der Waals surface area contributed by atoms with Gasteiger partial charge >= 0.3 is 6.03 Å². The van der Waals surface area contributed by atoms with Crippen LogP contribution in [0.25, 0.3) is 5.69 Å². The van der Waals surface area contributed by atoms with Gasteiger partial charge in [-0.2, -0.15) is 5.10 Å². The van der Waals surface area contributed by atoms with Gasteiger partial charge in [-0.3, -0.25) is 0 Å². The molecule has 0 radical (unpaired) electrons. The van der Waals surface area contributed by atoms with Crippen molar-refractivity contribution in [1.82, 2.24) is 20.0 Å². The fourth-order valence-corrected chi connectivity index (χ4v) is 3.93. The van der Waals surface area contributed by atoms with Gasteiger partial charge in [-0.1, -0.05) is 23.7 Å². The van der Waals surface area contributed by atoms with E-state index in [1.807, 2.05) is 37.5 Å². The largest absolute Gasteiger partial charge is 0.372 e. The number of hydrogen-bond donors (Lipinski definition) is 1. The van der Waals surface area contributed by atoms with Crippen LogP contribution < -0.4 is 10.2 Å². The Labute approximate surface area is 188 Å². The second-order valence-electron chi connectivity index (χ2n) is 8.00. The third kappa shape index (κ3) is 5.58. The first-order valence-electron chi connectivity index (χ1n) is 10.7. The normalized spacial score (nSPS) is 13.8. The molecular formula is C24H28ClN5O. The van der Waals surface area contributed by atoms with E-state index in [1.54, 1.807) is 15.8 Å². The van der Waals surface area contributed by atoms with Crippen molar-refractivity contribution in [2.45, 2.75) is 32.4 Å². The quantitative estimate of drug-likeness (QED) is 0.599. The van der Waals surface area contributed by atoms with Gasteiger partial charge in [-0.05, 0) is 61.2 Å². The molecule has 1 aliphatic rings. The highest BCUT2D eigenvalue weighted by atomic mass is 35.5. The van der Waals surface area contributed by atoms with Gasteiger partial charge in [0.05, 0.1) is 11.9 Å². The van der Waals surface area contributed by atoms with Gasteiger partial charge in [0.1, 0.15) is 0 Å². The molecule has 162 valence electrons. The maximum absolute atomic E-state index is 12.5. The molecule has 0 saturated carbocycles. The van der Waals surface area contributed by atoms with Crippen molar-refractivity contribution in [3.63, 3.8) is 0 Å². The summed E-state index contributed by atoms with van der Waals surface area (Å²) in [5.41, 5.74) is 4.25. The summed E-state index contributed by atoms with van der Waals surface area (Å²) in [4.78, 5) is 16.6. The summed E-state index contributed by atoms with van der Waals surface area (Å²) in [6.45, 7) is 3.26. The number of urea groups is 1. The number of anilines is 1. The zero-order valence-electron chi connectivity index (χ0n) is 17.8. The number of nitrogens with zero attached hydrogens (tertiary/aromatic N) is 4. The molecule has 1 saturated heterocycles. The number of piperidine rings is 1. The van der Waals surface area contributed by atoms with Crippen LogP contribution in [-0.2, 0) is 13.1 Å². The molecule has 1 aromatic heterocycles. The first kappa shape index (κ1) is 21.2. The summed E-state index contributed by atoms with van der Waals surface area (Å²) in [6, 6.07) is 15.9. The maximum atomic E-state index is 12.5. The second-order valence-corrected chi connectivity index (χ2v) is 8.43. The van der Waals surface area contributed by atoms with Crippen LogP contribution in [0.3, 0.4) is 0 Å². The molecule has 2 aromatic carbocycles. The summed E-state index contributed by atoms with van der Waals surface area (Å²) < 4.78 is 1.77. The minimum Gasteiger partial charge on any atom is -0.372 e. The fourth-order valence-electron chi connectivity index (χ4n) is 3.81. The van der Waals surface area contributed by atoms with Gasteiger partial charge in [0.25, 0.3) is 0 Å². The predicted octanol–water partition coefficient (Wildman–Crippen LogP) is 4.86. The number of rotatable bonds is 6. The van der Waals surface area contributed by atoms with Crippen molar-refractivity contribution in [3.05, 3.63) is 77.1 Å². The van der Waals surface area contributed by atoms with E-state index in [0.29, 0.717) is 18.1 Å². The molecule has 2 heterocycles. The number of carbonyl (C=O) groups excluding carboxylic acids is 1. The number of aromatic nitrogens is 2. The van der Waals surface area contributed by atoms with E-state index in [4.69, 9.17) is 11.6 Å². The van der Waals surface area contributed by atoms with Crippen molar-refractivity contribution in [2.75, 3.05) is 25.0 Å². The van der Waals surface area contributed by atoms with Crippen LogP contribution in [0.1, 0.15) is 30.4 Å². The Morgan fingerprint density at radius 2 is 1.68 bits per heavy atom. The molecule has 0 unspecified atom stereocenters. The lowest BCUT2D eigenvalue weighted by molar-refractivity contribution is 0.206. The first-order chi connectivity index (χ1) is 15.1. The molecule has 3 aromatic rings. The summed E-state index contributed by atoms with van der Waals surface area (Å²) in [5, 5.41) is 8.01. The lowest BCUT2D eigenvalue weighted by Gasteiger charge is -2.29. The summed E-state index contributed by atoms with van der Waals surface area (Å²) in [5.74, 6) is 0. The van der Waals surface area contributed by atoms with Crippen molar-refractivity contribution in [1.29, 1.82) is 0 Å². The van der Waals surface area contributed by atoms with E-state index >= 15 is 0 Å². The van der Waals surface area contributed by atoms with Crippen LogP contribution in [0.2, 0.25) is 5.02 Å². The van der Waals surface area contributed by atoms with Crippen molar-refractivity contribution >= 4 is 23.3 Å². The number of halogens is 1. The predicted molar refractivity (Wildman–Crippen MR) is 125 cm³/mol. The molecule has 4 rings (SSSR count). The van der Waals surface area contributed by atoms with Gasteiger partial charge in [0.15, 0.2) is 0 Å². The molecule has 6 nitrogen and oxygen atoms in total. The average Bonchev–Trinajstić information content (AvgIpc) is 3.28. The van der Waals surface area contributed by atoms with Crippen LogP contribution in [0.5, 0.6) is 0 Å². The van der Waals surface area contributed by atoms with E-state index in [2.05, 4.69) is 39.6 Å². The third-order valence-corrected chi connectivity index (χ3v) is 5.85. The maximum Gasteiger partial charge on any atom is 0.317 e.